The first kappa shape index (κ1) is 20.0. The Hall–Kier alpha value is -3.00. The third-order valence-electron chi connectivity index (χ3n) is 3.53. The molecule has 0 aliphatic heterocycles. The number of carbonyl (C=O) groups is 2. The molecule has 0 N–H and O–H groups in total. The molecule has 0 amide bonds. The number of benzene rings is 2. The van der Waals surface area contributed by atoms with Crippen LogP contribution < -0.4 is 4.74 Å². The standard InChI is InChI=1S/C19H18FNO2.CH2O/c1-2-3-4-5-14-6-8-15(9-7-14)19(22)23-17-11-10-16(13-21)18(20)12-17;1-2/h6-12H,2-5H2,1H3;1H2. The quantitative estimate of drug-likeness (QED) is 0.442. The Morgan fingerprint density at radius 2 is 1.84 bits per heavy atom. The lowest BCUT2D eigenvalue weighted by Gasteiger charge is -2.06. The number of unbranched alkanes of at least 4 members (excludes halogenated alkanes) is 2. The zero-order chi connectivity index (χ0) is 18.7. The first-order valence-corrected chi connectivity index (χ1v) is 7.93. The second kappa shape index (κ2) is 10.7. The highest BCUT2D eigenvalue weighted by Gasteiger charge is 2.10. The first-order chi connectivity index (χ1) is 12.1. The van der Waals surface area contributed by atoms with E-state index < -0.39 is 11.8 Å². The maximum Gasteiger partial charge on any atom is 0.343 e. The Morgan fingerprint density at radius 3 is 2.40 bits per heavy atom. The number of ether oxygens (including phenoxy) is 1. The molecule has 0 saturated heterocycles. The summed E-state index contributed by atoms with van der Waals surface area (Å²) < 4.78 is 18.6. The summed E-state index contributed by atoms with van der Waals surface area (Å²) in [6.07, 6.45) is 4.48. The molecule has 0 saturated carbocycles. The molecule has 5 heteroatoms. The number of hydrogen-bond donors (Lipinski definition) is 0. The van der Waals surface area contributed by atoms with Crippen LogP contribution in [-0.2, 0) is 11.2 Å². The van der Waals surface area contributed by atoms with Crippen molar-refractivity contribution in [3.63, 3.8) is 0 Å². The van der Waals surface area contributed by atoms with Crippen LogP contribution in [0.5, 0.6) is 5.75 Å². The fourth-order valence-electron chi connectivity index (χ4n) is 2.20. The normalized spacial score (nSPS) is 9.48. The highest BCUT2D eigenvalue weighted by atomic mass is 19.1. The molecule has 0 radical (unpaired) electrons. The largest absolute Gasteiger partial charge is 0.423 e. The van der Waals surface area contributed by atoms with Crippen molar-refractivity contribution in [2.24, 2.45) is 0 Å². The van der Waals surface area contributed by atoms with Crippen molar-refractivity contribution < 1.29 is 18.7 Å². The molecule has 0 spiro atoms. The van der Waals surface area contributed by atoms with Crippen LogP contribution in [0.1, 0.15) is 47.7 Å². The van der Waals surface area contributed by atoms with E-state index >= 15 is 0 Å². The van der Waals surface area contributed by atoms with Gasteiger partial charge in [0.25, 0.3) is 0 Å². The van der Waals surface area contributed by atoms with E-state index in [0.717, 1.165) is 18.9 Å². The summed E-state index contributed by atoms with van der Waals surface area (Å²) in [5, 5.41) is 8.67. The van der Waals surface area contributed by atoms with E-state index in [1.54, 1.807) is 18.2 Å². The fraction of sp³-hybridized carbons (Fsp3) is 0.250. The number of carbonyl (C=O) groups excluding carboxylic acids is 2. The molecule has 0 aromatic heterocycles. The van der Waals surface area contributed by atoms with Gasteiger partial charge in [0.1, 0.15) is 24.4 Å². The van der Waals surface area contributed by atoms with Gasteiger partial charge in [-0.3, -0.25) is 0 Å². The molecule has 0 aliphatic carbocycles. The molecule has 25 heavy (non-hydrogen) atoms. The van der Waals surface area contributed by atoms with Gasteiger partial charge in [-0.1, -0.05) is 31.9 Å². The number of hydrogen-bond acceptors (Lipinski definition) is 4. The van der Waals surface area contributed by atoms with Gasteiger partial charge in [-0.25, -0.2) is 9.18 Å². The molecule has 0 atom stereocenters. The lowest BCUT2D eigenvalue weighted by atomic mass is 10.1. The zero-order valence-electron chi connectivity index (χ0n) is 14.1. The minimum absolute atomic E-state index is 0.0820. The molecule has 0 fully saturated rings. The summed E-state index contributed by atoms with van der Waals surface area (Å²) in [5.74, 6) is -1.17. The van der Waals surface area contributed by atoms with Crippen LogP contribution in [0.15, 0.2) is 42.5 Å². The van der Waals surface area contributed by atoms with E-state index in [9.17, 15) is 9.18 Å². The molecule has 2 aromatic carbocycles. The monoisotopic (exact) mass is 341 g/mol. The van der Waals surface area contributed by atoms with Crippen LogP contribution in [0.4, 0.5) is 4.39 Å². The van der Waals surface area contributed by atoms with Crippen LogP contribution in [0.2, 0.25) is 0 Å². The summed E-state index contributed by atoms with van der Waals surface area (Å²) in [6, 6.07) is 12.7. The van der Waals surface area contributed by atoms with Crippen LogP contribution in [0.3, 0.4) is 0 Å². The minimum atomic E-state index is -0.705. The van der Waals surface area contributed by atoms with Crippen LogP contribution in [-0.4, -0.2) is 12.8 Å². The smallest absolute Gasteiger partial charge is 0.343 e. The third kappa shape index (κ3) is 6.19. The van der Waals surface area contributed by atoms with Gasteiger partial charge < -0.3 is 9.53 Å². The molecule has 0 unspecified atom stereocenters. The maximum atomic E-state index is 13.5. The molecular formula is C20H20FNO3. The summed E-state index contributed by atoms with van der Waals surface area (Å²) in [7, 11) is 0. The Morgan fingerprint density at radius 1 is 1.16 bits per heavy atom. The van der Waals surface area contributed by atoms with Gasteiger partial charge in [0.15, 0.2) is 0 Å². The Labute approximate surface area is 146 Å². The van der Waals surface area contributed by atoms with E-state index in [4.69, 9.17) is 14.8 Å². The maximum absolute atomic E-state index is 13.5. The lowest BCUT2D eigenvalue weighted by molar-refractivity contribution is -0.0980. The lowest BCUT2D eigenvalue weighted by Crippen LogP contribution is -2.08. The highest BCUT2D eigenvalue weighted by Crippen LogP contribution is 2.18. The molecular weight excluding hydrogens is 321 g/mol. The number of halogens is 1. The molecule has 0 bridgehead atoms. The Kier molecular flexibility index (Phi) is 8.59. The van der Waals surface area contributed by atoms with E-state index in [2.05, 4.69) is 6.92 Å². The third-order valence-corrected chi connectivity index (χ3v) is 3.53. The number of nitrogens with zero attached hydrogens (tertiary/aromatic N) is 1. The van der Waals surface area contributed by atoms with Crippen LogP contribution in [0, 0.1) is 17.1 Å². The van der Waals surface area contributed by atoms with Crippen LogP contribution >= 0.6 is 0 Å². The van der Waals surface area contributed by atoms with Gasteiger partial charge >= 0.3 is 5.97 Å². The van der Waals surface area contributed by atoms with Crippen LogP contribution in [0.25, 0.3) is 0 Å². The Bertz CT molecular complexity index is 736. The first-order valence-electron chi connectivity index (χ1n) is 7.93. The topological polar surface area (TPSA) is 67.2 Å². The SMILES string of the molecule is C=O.CCCCCc1ccc(C(=O)Oc2ccc(C#N)c(F)c2)cc1. The van der Waals surface area contributed by atoms with Gasteiger partial charge in [-0.2, -0.15) is 5.26 Å². The van der Waals surface area contributed by atoms with Gasteiger partial charge in [-0.05, 0) is 42.7 Å². The predicted octanol–water partition coefficient (Wildman–Crippen LogP) is 4.46. The average molecular weight is 341 g/mol. The average Bonchev–Trinajstić information content (AvgIpc) is 2.64. The molecule has 2 aromatic rings. The van der Waals surface area contributed by atoms with E-state index in [1.807, 2.05) is 18.9 Å². The summed E-state index contributed by atoms with van der Waals surface area (Å²) in [4.78, 5) is 20.0. The second-order valence-corrected chi connectivity index (χ2v) is 5.30. The van der Waals surface area contributed by atoms with Crippen molar-refractivity contribution in [2.45, 2.75) is 32.6 Å². The summed E-state index contributed by atoms with van der Waals surface area (Å²) >= 11 is 0. The van der Waals surface area contributed by atoms with Gasteiger partial charge in [-0.15, -0.1) is 0 Å². The molecule has 0 heterocycles. The molecule has 130 valence electrons. The number of nitriles is 1. The van der Waals surface area contributed by atoms with Gasteiger partial charge in [0.05, 0.1) is 11.1 Å². The van der Waals surface area contributed by atoms with E-state index in [0.29, 0.717) is 5.56 Å². The number of rotatable bonds is 6. The van der Waals surface area contributed by atoms with Crippen molar-refractivity contribution in [1.29, 1.82) is 5.26 Å². The number of esters is 1. The second-order valence-electron chi connectivity index (χ2n) is 5.30. The highest BCUT2D eigenvalue weighted by molar-refractivity contribution is 5.91. The van der Waals surface area contributed by atoms with Crippen molar-refractivity contribution in [3.8, 4) is 11.8 Å². The van der Waals surface area contributed by atoms with Crippen molar-refractivity contribution in [1.82, 2.24) is 0 Å². The van der Waals surface area contributed by atoms with Crippen molar-refractivity contribution >= 4 is 12.8 Å². The van der Waals surface area contributed by atoms with Crippen molar-refractivity contribution in [3.05, 3.63) is 65.0 Å². The predicted molar refractivity (Wildman–Crippen MR) is 92.9 cm³/mol. The molecule has 4 nitrogen and oxygen atoms in total. The van der Waals surface area contributed by atoms with E-state index in [1.165, 1.54) is 30.5 Å². The minimum Gasteiger partial charge on any atom is -0.423 e. The number of aryl methyl sites for hydroxylation is 1. The molecule has 2 rings (SSSR count). The summed E-state index contributed by atoms with van der Waals surface area (Å²) in [6.45, 7) is 4.16. The Balaban J connectivity index is 0.00000151. The van der Waals surface area contributed by atoms with E-state index in [-0.39, 0.29) is 11.3 Å². The zero-order valence-corrected chi connectivity index (χ0v) is 14.1. The summed E-state index contributed by atoms with van der Waals surface area (Å²) in [5.41, 5.74) is 1.51. The van der Waals surface area contributed by atoms with Crippen molar-refractivity contribution in [2.75, 3.05) is 0 Å². The fourth-order valence-corrected chi connectivity index (χ4v) is 2.20. The molecule has 0 aliphatic rings. The van der Waals surface area contributed by atoms with Gasteiger partial charge in [0.2, 0.25) is 0 Å². The van der Waals surface area contributed by atoms with Gasteiger partial charge in [0, 0.05) is 6.07 Å².